The lowest BCUT2D eigenvalue weighted by Crippen LogP contribution is -2.14. The van der Waals surface area contributed by atoms with Crippen molar-refractivity contribution in [3.63, 3.8) is 0 Å². The molecule has 5 aromatic rings. The topological polar surface area (TPSA) is 82.7 Å². The highest BCUT2D eigenvalue weighted by Gasteiger charge is 2.17. The number of amides is 1. The maximum absolute atomic E-state index is 13.3. The first-order valence-corrected chi connectivity index (χ1v) is 12.0. The molecule has 0 saturated carbocycles. The number of methoxy groups -OCH3 is 1. The van der Waals surface area contributed by atoms with Gasteiger partial charge in [-0.15, -0.1) is 0 Å². The van der Waals surface area contributed by atoms with Gasteiger partial charge in [0, 0.05) is 48.9 Å². The maximum atomic E-state index is 13.3. The van der Waals surface area contributed by atoms with Gasteiger partial charge in [0.25, 0.3) is 5.91 Å². The number of benzene rings is 1. The van der Waals surface area contributed by atoms with E-state index in [9.17, 15) is 4.79 Å². The summed E-state index contributed by atoms with van der Waals surface area (Å²) in [5.41, 5.74) is 6.26. The first kappa shape index (κ1) is 23.6. The summed E-state index contributed by atoms with van der Waals surface area (Å²) < 4.78 is 14.7. The summed E-state index contributed by atoms with van der Waals surface area (Å²) in [7, 11) is 1.63. The minimum atomic E-state index is -0.225. The molecule has 8 nitrogen and oxygen atoms in total. The van der Waals surface area contributed by atoms with Gasteiger partial charge in [0.2, 0.25) is 0 Å². The van der Waals surface area contributed by atoms with Crippen molar-refractivity contribution < 1.29 is 14.3 Å². The molecule has 1 aromatic carbocycles. The van der Waals surface area contributed by atoms with E-state index >= 15 is 0 Å². The van der Waals surface area contributed by atoms with Gasteiger partial charge in [-0.1, -0.05) is 19.1 Å². The molecule has 5 rings (SSSR count). The highest BCUT2D eigenvalue weighted by molar-refractivity contribution is 6.08. The molecular formula is C28H29N5O3. The van der Waals surface area contributed by atoms with Crippen LogP contribution in [0.5, 0.6) is 5.75 Å². The van der Waals surface area contributed by atoms with E-state index in [1.807, 2.05) is 37.4 Å². The number of hydrogen-bond acceptors (Lipinski definition) is 5. The van der Waals surface area contributed by atoms with Crippen LogP contribution in [0.15, 0.2) is 67.1 Å². The molecule has 36 heavy (non-hydrogen) atoms. The second kappa shape index (κ2) is 10.2. The zero-order chi connectivity index (χ0) is 25.1. The summed E-state index contributed by atoms with van der Waals surface area (Å²) in [6.07, 6.45) is 6.17. The number of nitrogens with zero attached hydrogens (tertiary/aromatic N) is 4. The first-order chi connectivity index (χ1) is 17.6. The molecule has 1 N–H and O–H groups in total. The number of rotatable bonds is 9. The molecular weight excluding hydrogens is 454 g/mol. The van der Waals surface area contributed by atoms with Gasteiger partial charge >= 0.3 is 0 Å². The number of pyridine rings is 2. The Kier molecular flexibility index (Phi) is 6.69. The predicted molar refractivity (Wildman–Crippen MR) is 140 cm³/mol. The predicted octanol–water partition coefficient (Wildman–Crippen LogP) is 4.88. The fourth-order valence-electron chi connectivity index (χ4n) is 4.35. The Morgan fingerprint density at radius 3 is 2.72 bits per heavy atom. The Hall–Kier alpha value is -4.17. The van der Waals surface area contributed by atoms with Gasteiger partial charge in [-0.05, 0) is 49.2 Å². The van der Waals surface area contributed by atoms with Crippen molar-refractivity contribution in [3.05, 3.63) is 89.8 Å². The van der Waals surface area contributed by atoms with Crippen LogP contribution in [0.2, 0.25) is 0 Å². The summed E-state index contributed by atoms with van der Waals surface area (Å²) in [6, 6.07) is 15.9. The number of hydrogen-bond donors (Lipinski definition) is 1. The SMILES string of the molecule is CCc1cc2c(NC(=O)c3cnc4cc(OCCOC)ccn34)cccc2n1Cc1ccc(C)nc1. The molecule has 0 bridgehead atoms. The first-order valence-electron chi connectivity index (χ1n) is 12.0. The van der Waals surface area contributed by atoms with E-state index in [0.29, 0.717) is 30.3 Å². The molecule has 0 unspecified atom stereocenters. The number of nitrogens with one attached hydrogen (secondary N) is 1. The number of ether oxygens (including phenoxy) is 2. The standard InChI is InChI=1S/C28H29N5O3/c1-4-21-14-23-24(6-5-7-25(23)33(21)18-20-9-8-19(2)29-16-20)31-28(34)26-17-30-27-15-22(10-11-32(26)27)36-13-12-35-3/h5-11,14-17H,4,12-13,18H2,1-3H3,(H,31,34). The zero-order valence-corrected chi connectivity index (χ0v) is 20.7. The average Bonchev–Trinajstić information content (AvgIpc) is 3.47. The fourth-order valence-corrected chi connectivity index (χ4v) is 4.35. The van der Waals surface area contributed by atoms with Crippen LogP contribution < -0.4 is 10.1 Å². The van der Waals surface area contributed by atoms with Gasteiger partial charge in [-0.3, -0.25) is 14.2 Å². The molecule has 8 heteroatoms. The van der Waals surface area contributed by atoms with Crippen molar-refractivity contribution in [2.24, 2.45) is 0 Å². The number of anilines is 1. The molecule has 0 saturated heterocycles. The van der Waals surface area contributed by atoms with Crippen molar-refractivity contribution in [1.82, 2.24) is 18.9 Å². The second-order valence-electron chi connectivity index (χ2n) is 8.65. The third-order valence-electron chi connectivity index (χ3n) is 6.23. The van der Waals surface area contributed by atoms with E-state index in [0.717, 1.165) is 40.8 Å². The quantitative estimate of drug-likeness (QED) is 0.302. The Labute approximate surface area is 209 Å². The lowest BCUT2D eigenvalue weighted by molar-refractivity contribution is 0.102. The lowest BCUT2D eigenvalue weighted by Gasteiger charge is -2.11. The van der Waals surface area contributed by atoms with Crippen LogP contribution in [0.3, 0.4) is 0 Å². The Balaban J connectivity index is 1.42. The van der Waals surface area contributed by atoms with Gasteiger partial charge in [0.15, 0.2) is 0 Å². The van der Waals surface area contributed by atoms with Crippen LogP contribution in [-0.2, 0) is 17.7 Å². The molecule has 0 aliphatic rings. The largest absolute Gasteiger partial charge is 0.491 e. The number of fused-ring (bicyclic) bond motifs is 2. The summed E-state index contributed by atoms with van der Waals surface area (Å²) in [5.74, 6) is 0.454. The minimum absolute atomic E-state index is 0.225. The lowest BCUT2D eigenvalue weighted by atomic mass is 10.2. The third kappa shape index (κ3) is 4.67. The van der Waals surface area contributed by atoms with Crippen LogP contribution in [-0.4, -0.2) is 45.2 Å². The molecule has 4 heterocycles. The van der Waals surface area contributed by atoms with Gasteiger partial charge in [-0.2, -0.15) is 0 Å². The van der Waals surface area contributed by atoms with Crippen LogP contribution in [0, 0.1) is 6.92 Å². The Bertz CT molecular complexity index is 1520. The summed E-state index contributed by atoms with van der Waals surface area (Å²) in [5, 5.41) is 4.10. The molecule has 0 spiro atoms. The summed E-state index contributed by atoms with van der Waals surface area (Å²) in [6.45, 7) is 5.80. The van der Waals surface area contributed by atoms with Gasteiger partial charge < -0.3 is 19.4 Å². The molecule has 0 aliphatic carbocycles. The second-order valence-corrected chi connectivity index (χ2v) is 8.65. The van der Waals surface area contributed by atoms with Crippen LogP contribution >= 0.6 is 0 Å². The number of carbonyl (C=O) groups excluding carboxylic acids is 1. The van der Waals surface area contributed by atoms with Gasteiger partial charge in [0.1, 0.15) is 23.7 Å². The molecule has 1 amide bonds. The smallest absolute Gasteiger partial charge is 0.274 e. The Morgan fingerprint density at radius 1 is 1.06 bits per heavy atom. The Morgan fingerprint density at radius 2 is 1.94 bits per heavy atom. The average molecular weight is 484 g/mol. The number of imidazole rings is 1. The minimum Gasteiger partial charge on any atom is -0.491 e. The van der Waals surface area contributed by atoms with E-state index in [2.05, 4.69) is 45.0 Å². The molecule has 4 aromatic heterocycles. The molecule has 0 aliphatic heterocycles. The van der Waals surface area contributed by atoms with Gasteiger partial charge in [0.05, 0.1) is 24.0 Å². The van der Waals surface area contributed by atoms with Crippen molar-refractivity contribution in [2.75, 3.05) is 25.6 Å². The third-order valence-corrected chi connectivity index (χ3v) is 6.23. The monoisotopic (exact) mass is 483 g/mol. The van der Waals surface area contributed by atoms with Gasteiger partial charge in [-0.25, -0.2) is 4.98 Å². The number of aromatic nitrogens is 4. The maximum Gasteiger partial charge on any atom is 0.274 e. The van der Waals surface area contributed by atoms with Crippen LogP contribution in [0.25, 0.3) is 16.6 Å². The summed E-state index contributed by atoms with van der Waals surface area (Å²) in [4.78, 5) is 22.1. The molecule has 184 valence electrons. The van der Waals surface area contributed by atoms with Crippen molar-refractivity contribution >= 4 is 28.1 Å². The van der Waals surface area contributed by atoms with E-state index in [4.69, 9.17) is 9.47 Å². The van der Waals surface area contributed by atoms with E-state index in [-0.39, 0.29) is 5.91 Å². The normalized spacial score (nSPS) is 11.3. The summed E-state index contributed by atoms with van der Waals surface area (Å²) >= 11 is 0. The fraction of sp³-hybridized carbons (Fsp3) is 0.250. The van der Waals surface area contributed by atoms with Crippen molar-refractivity contribution in [1.29, 1.82) is 0 Å². The number of carbonyl (C=O) groups is 1. The van der Waals surface area contributed by atoms with E-state index in [1.165, 1.54) is 5.69 Å². The highest BCUT2D eigenvalue weighted by Crippen LogP contribution is 2.29. The molecule has 0 atom stereocenters. The molecule has 0 radical (unpaired) electrons. The van der Waals surface area contributed by atoms with Crippen LogP contribution in [0.1, 0.15) is 34.4 Å². The van der Waals surface area contributed by atoms with Crippen LogP contribution in [0.4, 0.5) is 5.69 Å². The zero-order valence-electron chi connectivity index (χ0n) is 20.7. The number of aryl methyl sites for hydroxylation is 2. The highest BCUT2D eigenvalue weighted by atomic mass is 16.5. The van der Waals surface area contributed by atoms with Crippen molar-refractivity contribution in [2.45, 2.75) is 26.8 Å². The van der Waals surface area contributed by atoms with E-state index in [1.54, 1.807) is 30.0 Å². The molecule has 0 fully saturated rings. The van der Waals surface area contributed by atoms with Crippen molar-refractivity contribution in [3.8, 4) is 5.75 Å². The van der Waals surface area contributed by atoms with E-state index < -0.39 is 0 Å².